The summed E-state index contributed by atoms with van der Waals surface area (Å²) >= 11 is 0. The second-order valence-electron chi connectivity index (χ2n) is 26.2. The maximum atomic E-state index is 11.3. The van der Waals surface area contributed by atoms with Crippen LogP contribution in [0, 0.1) is 0 Å². The van der Waals surface area contributed by atoms with E-state index in [0.29, 0.717) is 44.8 Å². The molecule has 0 saturated carbocycles. The van der Waals surface area contributed by atoms with Crippen molar-refractivity contribution in [2.24, 2.45) is 0 Å². The predicted molar refractivity (Wildman–Crippen MR) is 414 cm³/mol. The van der Waals surface area contributed by atoms with Crippen LogP contribution in [0.1, 0.15) is 34.6 Å². The van der Waals surface area contributed by atoms with Crippen LogP contribution in [0.5, 0.6) is 0 Å². The van der Waals surface area contributed by atoms with Gasteiger partial charge in [0.25, 0.3) is 6.71 Å². The largest absolute Gasteiger partial charge is 0.310 e. The SMILES string of the molecule is [2H]c1c([2H])c2c(c([2H])c1-c1ccccc1)B1c3c(cc(C(C)(C)C)cc3N(c3c(-c4cc(-c5ccccc5)cc(-c5ccccc5)c4)cccc3-c3cc(-c4ccccc4)cc(-c4ccccc4)c3)c3c([2H])c([2H])c(-c4ccccc4)c([2H])c31)N2c1c(-c2ccccc2)cccc1-c1ccccc1. The molecule has 0 amide bonds. The fourth-order valence-electron chi connectivity index (χ4n) is 14.4. The Morgan fingerprint density at radius 2 is 0.505 bits per heavy atom. The maximum Gasteiger partial charge on any atom is 0.252 e. The third-order valence-electron chi connectivity index (χ3n) is 19.2. The van der Waals surface area contributed by atoms with Gasteiger partial charge in [-0.1, -0.05) is 324 Å². The van der Waals surface area contributed by atoms with E-state index in [0.717, 1.165) is 111 Å². The van der Waals surface area contributed by atoms with Gasteiger partial charge in [-0.3, -0.25) is 0 Å². The van der Waals surface area contributed by atoms with Crippen molar-refractivity contribution >= 4 is 57.2 Å². The zero-order valence-corrected chi connectivity index (χ0v) is 54.1. The molecular weight excluding hydrogens is 1170 g/mol. The summed E-state index contributed by atoms with van der Waals surface area (Å²) in [4.78, 5) is 4.43. The van der Waals surface area contributed by atoms with Gasteiger partial charge >= 0.3 is 0 Å². The number of para-hydroxylation sites is 2. The van der Waals surface area contributed by atoms with Crippen LogP contribution in [0.15, 0.2) is 364 Å². The average Bonchev–Trinajstić information content (AvgIpc) is 0.673. The zero-order valence-electron chi connectivity index (χ0n) is 60.1. The lowest BCUT2D eigenvalue weighted by Crippen LogP contribution is -2.61. The molecule has 2 aliphatic heterocycles. The van der Waals surface area contributed by atoms with Gasteiger partial charge in [0.05, 0.1) is 19.6 Å². The molecule has 0 N–H and O–H groups in total. The molecule has 0 atom stereocenters. The Hall–Kier alpha value is -12.0. The Bertz CT molecular complexity index is 5460. The minimum absolute atomic E-state index is 0.0267. The molecule has 458 valence electrons. The van der Waals surface area contributed by atoms with E-state index >= 15 is 0 Å². The highest BCUT2D eigenvalue weighted by Crippen LogP contribution is 2.55. The summed E-state index contributed by atoms with van der Waals surface area (Å²) in [5.41, 5.74) is 22.4. The molecule has 2 heterocycles. The minimum atomic E-state index is -1.03. The van der Waals surface area contributed by atoms with Crippen LogP contribution in [-0.2, 0) is 5.41 Å². The Morgan fingerprint density at radius 3 is 0.794 bits per heavy atom. The molecule has 0 fully saturated rings. The van der Waals surface area contributed by atoms with E-state index in [2.05, 4.69) is 237 Å². The van der Waals surface area contributed by atoms with Crippen LogP contribution >= 0.6 is 0 Å². The smallest absolute Gasteiger partial charge is 0.252 e. The minimum Gasteiger partial charge on any atom is -0.310 e. The van der Waals surface area contributed by atoms with Crippen molar-refractivity contribution in [3.8, 4) is 111 Å². The second kappa shape index (κ2) is 24.7. The first-order valence-electron chi connectivity index (χ1n) is 36.3. The van der Waals surface area contributed by atoms with Gasteiger partial charge in [-0.05, 0) is 177 Å². The molecule has 0 saturated heterocycles. The number of rotatable bonds is 12. The topological polar surface area (TPSA) is 6.48 Å². The molecule has 2 aliphatic rings. The first-order valence-corrected chi connectivity index (χ1v) is 33.3. The van der Waals surface area contributed by atoms with E-state index in [-0.39, 0.29) is 47.4 Å². The van der Waals surface area contributed by atoms with Gasteiger partial charge in [0.1, 0.15) is 0 Å². The van der Waals surface area contributed by atoms with Crippen molar-refractivity contribution in [3.05, 3.63) is 369 Å². The molecule has 0 unspecified atom stereocenters. The number of hydrogen-bond donors (Lipinski definition) is 0. The van der Waals surface area contributed by atoms with Crippen molar-refractivity contribution in [1.29, 1.82) is 0 Å². The summed E-state index contributed by atoms with van der Waals surface area (Å²) in [7, 11) is 0. The highest BCUT2D eigenvalue weighted by Gasteiger charge is 2.46. The lowest BCUT2D eigenvalue weighted by Gasteiger charge is -2.46. The van der Waals surface area contributed by atoms with Gasteiger partial charge in [-0.15, -0.1) is 0 Å². The van der Waals surface area contributed by atoms with Crippen LogP contribution in [0.4, 0.5) is 34.1 Å². The Labute approximate surface area is 578 Å². The Morgan fingerprint density at radius 1 is 0.247 bits per heavy atom. The van der Waals surface area contributed by atoms with E-state index < -0.39 is 12.1 Å². The number of benzene rings is 15. The molecule has 0 aromatic heterocycles. The van der Waals surface area contributed by atoms with Crippen LogP contribution in [0.25, 0.3) is 111 Å². The number of hydrogen-bond acceptors (Lipinski definition) is 2. The lowest BCUT2D eigenvalue weighted by atomic mass is 9.33. The van der Waals surface area contributed by atoms with E-state index in [1.165, 1.54) is 0 Å². The number of anilines is 6. The molecule has 0 aliphatic carbocycles. The second-order valence-corrected chi connectivity index (χ2v) is 26.2. The summed E-state index contributed by atoms with van der Waals surface area (Å²) in [6.07, 6.45) is 0. The summed E-state index contributed by atoms with van der Waals surface area (Å²) in [6.45, 7) is 5.61. The number of fused-ring (bicyclic) bond motifs is 4. The molecule has 17 rings (SSSR count). The van der Waals surface area contributed by atoms with E-state index in [1.54, 1.807) is 0 Å². The molecule has 3 heteroatoms. The molecule has 0 radical (unpaired) electrons. The quantitative estimate of drug-likeness (QED) is 0.113. The fourth-order valence-corrected chi connectivity index (χ4v) is 14.4. The van der Waals surface area contributed by atoms with Gasteiger partial charge in [0.2, 0.25) is 0 Å². The Balaban J connectivity index is 1.10. The van der Waals surface area contributed by atoms with Gasteiger partial charge < -0.3 is 9.80 Å². The van der Waals surface area contributed by atoms with Crippen LogP contribution in [0.2, 0.25) is 0 Å². The molecule has 2 nitrogen and oxygen atoms in total. The zero-order chi connectivity index (χ0) is 70.2. The average molecular weight is 1240 g/mol. The molecule has 15 aromatic rings. The molecule has 0 bridgehead atoms. The summed E-state index contributed by atoms with van der Waals surface area (Å²) in [5.74, 6) is 0. The van der Waals surface area contributed by atoms with E-state index in [1.807, 2.05) is 121 Å². The highest BCUT2D eigenvalue weighted by atomic mass is 15.2. The van der Waals surface area contributed by atoms with Gasteiger partial charge in [-0.2, -0.15) is 0 Å². The van der Waals surface area contributed by atoms with Crippen LogP contribution < -0.4 is 26.2 Å². The van der Waals surface area contributed by atoms with Crippen LogP contribution in [0.3, 0.4) is 0 Å². The highest BCUT2D eigenvalue weighted by molar-refractivity contribution is 7.00. The van der Waals surface area contributed by atoms with E-state index in [4.69, 9.17) is 0 Å². The standard InChI is InChI=1S/C94H69BN2/c1-94(2,3)80-62-89-91-90(63-80)97(93-83(78-56-74(66-34-16-6-17-35-66)54-75(57-78)67-36-18-7-19-37-67)48-29-49-84(93)79-58-76(68-38-20-8-21-39-68)55-77(59-79)69-40-22-9-23-41-69)88-53-51-73(65-32-14-5-15-33-65)61-86(88)95(91)85-60-72(64-30-12-4-13-31-64)50-52-87(85)96(89)92-81(70-42-24-10-25-43-70)46-28-47-82(92)71-44-26-11-27-45-71/h4-63H,1-3H3/i50D,51D,52D,53D,60D,61D. The summed E-state index contributed by atoms with van der Waals surface area (Å²) in [6, 6.07) is 112. The lowest BCUT2D eigenvalue weighted by molar-refractivity contribution is 0.590. The van der Waals surface area contributed by atoms with Crippen molar-refractivity contribution in [1.82, 2.24) is 0 Å². The van der Waals surface area contributed by atoms with Crippen molar-refractivity contribution in [3.63, 3.8) is 0 Å². The van der Waals surface area contributed by atoms with Crippen molar-refractivity contribution in [2.75, 3.05) is 9.80 Å². The summed E-state index contributed by atoms with van der Waals surface area (Å²) < 4.78 is 65.7. The predicted octanol–water partition coefficient (Wildman–Crippen LogP) is 23.7. The normalized spacial score (nSPS) is 13.1. The maximum absolute atomic E-state index is 11.3. The van der Waals surface area contributed by atoms with Crippen LogP contribution in [-0.4, -0.2) is 6.71 Å². The van der Waals surface area contributed by atoms with E-state index in [9.17, 15) is 8.22 Å². The monoisotopic (exact) mass is 1240 g/mol. The molecule has 0 spiro atoms. The van der Waals surface area contributed by atoms with Gasteiger partial charge in [-0.25, -0.2) is 0 Å². The summed E-state index contributed by atoms with van der Waals surface area (Å²) in [5, 5.41) is 0. The molecular formula is C94H69BN2. The van der Waals surface area contributed by atoms with Gasteiger partial charge in [0, 0.05) is 45.0 Å². The van der Waals surface area contributed by atoms with Crippen molar-refractivity contribution < 1.29 is 8.22 Å². The fraction of sp³-hybridized carbons (Fsp3) is 0.0426. The molecule has 97 heavy (non-hydrogen) atoms. The third-order valence-corrected chi connectivity index (χ3v) is 19.2. The first-order chi connectivity index (χ1) is 50.3. The third kappa shape index (κ3) is 10.9. The molecule has 15 aromatic carbocycles. The van der Waals surface area contributed by atoms with Crippen molar-refractivity contribution in [2.45, 2.75) is 26.2 Å². The van der Waals surface area contributed by atoms with Gasteiger partial charge in [0.15, 0.2) is 0 Å². The first kappa shape index (κ1) is 52.4. The number of nitrogens with zero attached hydrogens (tertiary/aromatic N) is 2. The Kier molecular flexibility index (Phi) is 13.3.